The van der Waals surface area contributed by atoms with E-state index in [-0.39, 0.29) is 22.6 Å². The number of rotatable bonds is 10. The van der Waals surface area contributed by atoms with Crippen LogP contribution in [0.2, 0.25) is 0 Å². The van der Waals surface area contributed by atoms with Crippen LogP contribution in [0.3, 0.4) is 0 Å². The van der Waals surface area contributed by atoms with Gasteiger partial charge in [-0.1, -0.05) is 50.9 Å². The SMILES string of the molecule is CCCCCCCCOc1ccc(C#Cc2ccc(OC(=O)c3ccc(F)cc3)cc2)c(F)c1F. The largest absolute Gasteiger partial charge is 0.490 e. The molecule has 0 bridgehead atoms. The molecule has 0 amide bonds. The Labute approximate surface area is 203 Å². The summed E-state index contributed by atoms with van der Waals surface area (Å²) in [6.07, 6.45) is 6.46. The first-order valence-corrected chi connectivity index (χ1v) is 11.7. The molecule has 0 saturated carbocycles. The maximum Gasteiger partial charge on any atom is 0.343 e. The highest BCUT2D eigenvalue weighted by Gasteiger charge is 2.13. The van der Waals surface area contributed by atoms with Crippen molar-refractivity contribution < 1.29 is 27.4 Å². The maximum atomic E-state index is 14.4. The standard InChI is InChI=1S/C29H27F3O3/c1-2-3-4-5-6-7-20-34-26-19-14-22(27(31)28(26)32)11-8-21-9-17-25(18-10-21)35-29(33)23-12-15-24(30)16-13-23/h9-10,12-19H,2-7,20H2,1H3. The first-order valence-electron chi connectivity index (χ1n) is 11.7. The van der Waals surface area contributed by atoms with Crippen LogP contribution >= 0.6 is 0 Å². The molecule has 0 aliphatic carbocycles. The molecule has 0 fully saturated rings. The average molecular weight is 481 g/mol. The van der Waals surface area contributed by atoms with Gasteiger partial charge < -0.3 is 9.47 Å². The number of halogens is 3. The minimum Gasteiger partial charge on any atom is -0.490 e. The van der Waals surface area contributed by atoms with Crippen LogP contribution in [0.5, 0.6) is 11.5 Å². The van der Waals surface area contributed by atoms with Crippen molar-refractivity contribution in [3.8, 4) is 23.3 Å². The third-order valence-electron chi connectivity index (χ3n) is 5.29. The Bertz CT molecular complexity index is 1180. The fourth-order valence-electron chi connectivity index (χ4n) is 3.30. The molecule has 0 N–H and O–H groups in total. The Morgan fingerprint density at radius 3 is 2.17 bits per heavy atom. The van der Waals surface area contributed by atoms with Crippen LogP contribution < -0.4 is 9.47 Å². The molecule has 0 heterocycles. The van der Waals surface area contributed by atoms with E-state index in [4.69, 9.17) is 9.47 Å². The molecular weight excluding hydrogens is 453 g/mol. The van der Waals surface area contributed by atoms with Gasteiger partial charge in [-0.2, -0.15) is 4.39 Å². The van der Waals surface area contributed by atoms with Crippen molar-refractivity contribution in [1.29, 1.82) is 0 Å². The van der Waals surface area contributed by atoms with Gasteiger partial charge in [-0.05, 0) is 67.1 Å². The van der Waals surface area contributed by atoms with E-state index in [1.807, 2.05) is 0 Å². The number of unbranched alkanes of at least 4 members (excludes halogenated alkanes) is 5. The van der Waals surface area contributed by atoms with Crippen LogP contribution in [0, 0.1) is 29.3 Å². The van der Waals surface area contributed by atoms with Gasteiger partial charge in [0.05, 0.1) is 17.7 Å². The number of hydrogen-bond donors (Lipinski definition) is 0. The molecule has 0 atom stereocenters. The van der Waals surface area contributed by atoms with E-state index in [0.29, 0.717) is 12.2 Å². The molecular formula is C29H27F3O3. The summed E-state index contributed by atoms with van der Waals surface area (Å²) in [5, 5.41) is 0. The van der Waals surface area contributed by atoms with E-state index in [2.05, 4.69) is 18.8 Å². The number of carbonyl (C=O) groups excluding carboxylic acids is 1. The smallest absolute Gasteiger partial charge is 0.343 e. The second kappa shape index (κ2) is 13.2. The summed E-state index contributed by atoms with van der Waals surface area (Å²) in [7, 11) is 0. The van der Waals surface area contributed by atoms with Crippen LogP contribution in [-0.2, 0) is 0 Å². The fourth-order valence-corrected chi connectivity index (χ4v) is 3.30. The van der Waals surface area contributed by atoms with Gasteiger partial charge in [-0.15, -0.1) is 0 Å². The van der Waals surface area contributed by atoms with Gasteiger partial charge in [0.15, 0.2) is 11.6 Å². The molecule has 3 nitrogen and oxygen atoms in total. The van der Waals surface area contributed by atoms with Gasteiger partial charge in [0.2, 0.25) is 5.82 Å². The number of esters is 1. The summed E-state index contributed by atoms with van der Waals surface area (Å²) in [5.41, 5.74) is 0.656. The Kier molecular flexibility index (Phi) is 9.80. The lowest BCUT2D eigenvalue weighted by atomic mass is 10.1. The normalized spacial score (nSPS) is 10.4. The van der Waals surface area contributed by atoms with Crippen LogP contribution in [0.25, 0.3) is 0 Å². The lowest BCUT2D eigenvalue weighted by molar-refractivity contribution is 0.0734. The molecule has 0 saturated heterocycles. The third-order valence-corrected chi connectivity index (χ3v) is 5.29. The van der Waals surface area contributed by atoms with Gasteiger partial charge in [0.25, 0.3) is 0 Å². The van der Waals surface area contributed by atoms with E-state index >= 15 is 0 Å². The van der Waals surface area contributed by atoms with Crippen LogP contribution in [0.15, 0.2) is 60.7 Å². The van der Waals surface area contributed by atoms with Crippen molar-refractivity contribution in [1.82, 2.24) is 0 Å². The second-order valence-electron chi connectivity index (χ2n) is 8.03. The summed E-state index contributed by atoms with van der Waals surface area (Å²) < 4.78 is 52.4. The molecule has 3 rings (SSSR count). The molecule has 35 heavy (non-hydrogen) atoms. The van der Waals surface area contributed by atoms with E-state index in [1.165, 1.54) is 67.8 Å². The van der Waals surface area contributed by atoms with Crippen molar-refractivity contribution in [2.24, 2.45) is 0 Å². The van der Waals surface area contributed by atoms with Crippen molar-refractivity contribution in [2.75, 3.05) is 6.61 Å². The molecule has 0 aromatic heterocycles. The summed E-state index contributed by atoms with van der Waals surface area (Å²) >= 11 is 0. The predicted molar refractivity (Wildman–Crippen MR) is 129 cm³/mol. The first-order chi connectivity index (χ1) is 17.0. The molecule has 0 unspecified atom stereocenters. The van der Waals surface area contributed by atoms with Gasteiger partial charge in [-0.25, -0.2) is 13.6 Å². The fraction of sp³-hybridized carbons (Fsp3) is 0.276. The zero-order chi connectivity index (χ0) is 25.0. The average Bonchev–Trinajstić information content (AvgIpc) is 2.86. The van der Waals surface area contributed by atoms with Gasteiger partial charge in [-0.3, -0.25) is 0 Å². The summed E-state index contributed by atoms with van der Waals surface area (Å²) in [5.74, 6) is 2.36. The van der Waals surface area contributed by atoms with Crippen molar-refractivity contribution >= 4 is 5.97 Å². The van der Waals surface area contributed by atoms with E-state index in [9.17, 15) is 18.0 Å². The third kappa shape index (κ3) is 7.92. The van der Waals surface area contributed by atoms with E-state index < -0.39 is 23.4 Å². The predicted octanol–water partition coefficient (Wildman–Crippen LogP) is 7.46. The highest BCUT2D eigenvalue weighted by atomic mass is 19.2. The summed E-state index contributed by atoms with van der Waals surface area (Å²) in [4.78, 5) is 12.1. The number of carbonyl (C=O) groups is 1. The molecule has 0 aliphatic rings. The van der Waals surface area contributed by atoms with Crippen LogP contribution in [-0.4, -0.2) is 12.6 Å². The summed E-state index contributed by atoms with van der Waals surface area (Å²) in [6, 6.07) is 14.0. The lowest BCUT2D eigenvalue weighted by Crippen LogP contribution is -2.08. The van der Waals surface area contributed by atoms with E-state index in [1.54, 1.807) is 12.1 Å². The number of benzene rings is 3. The van der Waals surface area contributed by atoms with Crippen molar-refractivity contribution in [3.05, 3.63) is 94.8 Å². The van der Waals surface area contributed by atoms with Gasteiger partial charge in [0, 0.05) is 5.56 Å². The topological polar surface area (TPSA) is 35.5 Å². The van der Waals surface area contributed by atoms with Crippen LogP contribution in [0.1, 0.15) is 66.9 Å². The Hall–Kier alpha value is -3.72. The lowest BCUT2D eigenvalue weighted by Gasteiger charge is -2.08. The van der Waals surface area contributed by atoms with E-state index in [0.717, 1.165) is 19.3 Å². The zero-order valence-electron chi connectivity index (χ0n) is 19.6. The van der Waals surface area contributed by atoms with Crippen molar-refractivity contribution in [3.63, 3.8) is 0 Å². The summed E-state index contributed by atoms with van der Waals surface area (Å²) in [6.45, 7) is 2.49. The Morgan fingerprint density at radius 2 is 1.46 bits per heavy atom. The highest BCUT2D eigenvalue weighted by Crippen LogP contribution is 2.23. The molecule has 3 aromatic carbocycles. The second-order valence-corrected chi connectivity index (χ2v) is 8.03. The Morgan fingerprint density at radius 1 is 0.771 bits per heavy atom. The molecule has 3 aromatic rings. The molecule has 0 radical (unpaired) electrons. The molecule has 0 aliphatic heterocycles. The number of ether oxygens (including phenoxy) is 2. The number of hydrogen-bond acceptors (Lipinski definition) is 3. The molecule has 182 valence electrons. The minimum absolute atomic E-state index is 0.0822. The molecule has 6 heteroatoms. The Balaban J connectivity index is 1.56. The van der Waals surface area contributed by atoms with Gasteiger partial charge >= 0.3 is 5.97 Å². The molecule has 0 spiro atoms. The minimum atomic E-state index is -1.05. The first kappa shape index (κ1) is 25.9. The quantitative estimate of drug-likeness (QED) is 0.131. The monoisotopic (exact) mass is 480 g/mol. The maximum absolute atomic E-state index is 14.4. The zero-order valence-corrected chi connectivity index (χ0v) is 19.6. The van der Waals surface area contributed by atoms with Gasteiger partial charge in [0.1, 0.15) is 11.6 Å². The van der Waals surface area contributed by atoms with Crippen molar-refractivity contribution in [2.45, 2.75) is 45.4 Å². The van der Waals surface area contributed by atoms with Crippen LogP contribution in [0.4, 0.5) is 13.2 Å². The highest BCUT2D eigenvalue weighted by molar-refractivity contribution is 5.91.